The Kier molecular flexibility index (Phi) is 8.49. The maximum Gasteiger partial charge on any atom is 0.272 e. The summed E-state index contributed by atoms with van der Waals surface area (Å²) in [6.45, 7) is 8.26. The first-order chi connectivity index (χ1) is 15.4. The minimum Gasteiger partial charge on any atom is -0.267 e. The van der Waals surface area contributed by atoms with Gasteiger partial charge in [-0.3, -0.25) is 15.0 Å². The molecule has 0 saturated heterocycles. The fourth-order valence-electron chi connectivity index (χ4n) is 4.98. The van der Waals surface area contributed by atoms with Gasteiger partial charge in [0.2, 0.25) is 0 Å². The molecule has 0 bridgehead atoms. The molecule has 32 heavy (non-hydrogen) atoms. The molecule has 2 aromatic rings. The van der Waals surface area contributed by atoms with Gasteiger partial charge in [0.05, 0.1) is 6.04 Å². The number of hydrogen-bond donors (Lipinski definition) is 1. The molecule has 0 aromatic heterocycles. The van der Waals surface area contributed by atoms with Crippen molar-refractivity contribution in [2.75, 3.05) is 0 Å². The van der Waals surface area contributed by atoms with Gasteiger partial charge in [0.25, 0.3) is 11.8 Å². The van der Waals surface area contributed by atoms with Gasteiger partial charge >= 0.3 is 0 Å². The van der Waals surface area contributed by atoms with E-state index in [2.05, 4.69) is 25.3 Å². The van der Waals surface area contributed by atoms with E-state index in [1.807, 2.05) is 50.2 Å². The summed E-state index contributed by atoms with van der Waals surface area (Å²) in [5, 5.41) is 1.67. The molecule has 1 aliphatic carbocycles. The van der Waals surface area contributed by atoms with Gasteiger partial charge in [-0.2, -0.15) is 0 Å². The molecule has 2 amide bonds. The summed E-state index contributed by atoms with van der Waals surface area (Å²) in [6, 6.07) is 13.6. The molecule has 0 aliphatic heterocycles. The maximum atomic E-state index is 13.8. The van der Waals surface area contributed by atoms with Crippen LogP contribution in [0.3, 0.4) is 0 Å². The summed E-state index contributed by atoms with van der Waals surface area (Å²) in [7, 11) is 0. The summed E-state index contributed by atoms with van der Waals surface area (Å²) in [5.41, 5.74) is 7.56. The van der Waals surface area contributed by atoms with E-state index >= 15 is 0 Å². The van der Waals surface area contributed by atoms with Gasteiger partial charge in [0.1, 0.15) is 0 Å². The second-order valence-electron chi connectivity index (χ2n) is 9.30. The van der Waals surface area contributed by atoms with Crippen LogP contribution in [-0.4, -0.2) is 22.9 Å². The number of aryl methyl sites for hydroxylation is 3. The summed E-state index contributed by atoms with van der Waals surface area (Å²) in [5.74, 6) is 0.0861. The summed E-state index contributed by atoms with van der Waals surface area (Å²) in [6.07, 6.45) is 8.67. The molecule has 1 fully saturated rings. The molecule has 172 valence electrons. The van der Waals surface area contributed by atoms with Gasteiger partial charge in [-0.25, -0.2) is 5.01 Å². The van der Waals surface area contributed by atoms with Crippen LogP contribution >= 0.6 is 0 Å². The summed E-state index contributed by atoms with van der Waals surface area (Å²) < 4.78 is 0. The van der Waals surface area contributed by atoms with Gasteiger partial charge in [-0.15, -0.1) is 0 Å². The number of carbonyl (C=O) groups excluding carboxylic acids is 2. The number of nitrogens with zero attached hydrogens (tertiary/aromatic N) is 1. The Morgan fingerprint density at radius 3 is 2.12 bits per heavy atom. The molecule has 1 saturated carbocycles. The van der Waals surface area contributed by atoms with Crippen LogP contribution in [0.4, 0.5) is 0 Å². The number of nitrogens with one attached hydrogen (secondary N) is 1. The lowest BCUT2D eigenvalue weighted by atomic mass is 9.81. The predicted octanol–water partition coefficient (Wildman–Crippen LogP) is 6.40. The van der Waals surface area contributed by atoms with E-state index in [-0.39, 0.29) is 17.9 Å². The molecule has 3 rings (SSSR count). The molecule has 0 spiro atoms. The van der Waals surface area contributed by atoms with E-state index in [0.29, 0.717) is 17.0 Å². The van der Waals surface area contributed by atoms with Crippen molar-refractivity contribution in [2.24, 2.45) is 5.92 Å². The van der Waals surface area contributed by atoms with E-state index in [9.17, 15) is 9.59 Å². The maximum absolute atomic E-state index is 13.8. The Balaban J connectivity index is 1.94. The lowest BCUT2D eigenvalue weighted by Gasteiger charge is -2.39. The van der Waals surface area contributed by atoms with Crippen LogP contribution in [0.2, 0.25) is 0 Å². The zero-order chi connectivity index (χ0) is 23.1. The average molecular weight is 435 g/mol. The highest BCUT2D eigenvalue weighted by Gasteiger charge is 2.33. The van der Waals surface area contributed by atoms with E-state index in [1.165, 1.54) is 24.8 Å². The fraction of sp³-hybridized carbons (Fsp3) is 0.500. The summed E-state index contributed by atoms with van der Waals surface area (Å²) in [4.78, 5) is 27.0. The van der Waals surface area contributed by atoms with Crippen molar-refractivity contribution < 1.29 is 9.59 Å². The first kappa shape index (κ1) is 24.0. The average Bonchev–Trinajstić information content (AvgIpc) is 2.80. The predicted molar refractivity (Wildman–Crippen MR) is 131 cm³/mol. The van der Waals surface area contributed by atoms with Gasteiger partial charge in [0, 0.05) is 11.1 Å². The molecule has 1 aliphatic rings. The second-order valence-corrected chi connectivity index (χ2v) is 9.30. The highest BCUT2D eigenvalue weighted by Crippen LogP contribution is 2.31. The van der Waals surface area contributed by atoms with Crippen LogP contribution in [0.15, 0.2) is 42.5 Å². The first-order valence-electron chi connectivity index (χ1n) is 12.2. The van der Waals surface area contributed by atoms with Crippen LogP contribution in [0.5, 0.6) is 0 Å². The number of hydrazine groups is 1. The van der Waals surface area contributed by atoms with Crippen molar-refractivity contribution in [3.63, 3.8) is 0 Å². The lowest BCUT2D eigenvalue weighted by molar-refractivity contribution is 0.0333. The van der Waals surface area contributed by atoms with Crippen molar-refractivity contribution in [1.82, 2.24) is 10.4 Å². The monoisotopic (exact) mass is 434 g/mol. The van der Waals surface area contributed by atoms with E-state index in [0.717, 1.165) is 43.2 Å². The van der Waals surface area contributed by atoms with Crippen molar-refractivity contribution in [2.45, 2.75) is 85.1 Å². The second kappa shape index (κ2) is 11.3. The van der Waals surface area contributed by atoms with Crippen LogP contribution < -0.4 is 5.43 Å². The van der Waals surface area contributed by atoms with Crippen LogP contribution in [0, 0.1) is 19.8 Å². The molecule has 0 radical (unpaired) electrons. The molecular weight excluding hydrogens is 396 g/mol. The number of rotatable bonds is 7. The zero-order valence-electron chi connectivity index (χ0n) is 20.1. The van der Waals surface area contributed by atoms with Gasteiger partial charge in [-0.05, 0) is 75.3 Å². The molecule has 0 heterocycles. The minimum atomic E-state index is -0.220. The van der Waals surface area contributed by atoms with E-state index < -0.39 is 0 Å². The van der Waals surface area contributed by atoms with Crippen LogP contribution in [0.25, 0.3) is 0 Å². The largest absolute Gasteiger partial charge is 0.272 e. The molecule has 2 aromatic carbocycles. The third kappa shape index (κ3) is 5.99. The van der Waals surface area contributed by atoms with Crippen molar-refractivity contribution in [3.05, 3.63) is 70.3 Å². The van der Waals surface area contributed by atoms with Crippen molar-refractivity contribution in [1.29, 1.82) is 0 Å². The van der Waals surface area contributed by atoms with Crippen molar-refractivity contribution >= 4 is 11.8 Å². The SMILES string of the molecule is CCCC(C1CCCCC1)N(NC(=O)c1ccc(CC)cc1)C(=O)c1cc(C)cc(C)c1. The normalized spacial score (nSPS) is 15.2. The van der Waals surface area contributed by atoms with E-state index in [4.69, 9.17) is 0 Å². The lowest BCUT2D eigenvalue weighted by Crippen LogP contribution is -2.54. The Labute approximate surface area is 193 Å². The molecule has 4 nitrogen and oxygen atoms in total. The van der Waals surface area contributed by atoms with Crippen LogP contribution in [0.1, 0.15) is 96.2 Å². The topological polar surface area (TPSA) is 49.4 Å². The smallest absolute Gasteiger partial charge is 0.267 e. The minimum absolute atomic E-state index is 0.00693. The third-order valence-electron chi connectivity index (χ3n) is 6.64. The van der Waals surface area contributed by atoms with Gasteiger partial charge < -0.3 is 0 Å². The highest BCUT2D eigenvalue weighted by molar-refractivity contribution is 5.99. The highest BCUT2D eigenvalue weighted by atomic mass is 16.2. The van der Waals surface area contributed by atoms with Gasteiger partial charge in [0.15, 0.2) is 0 Å². The van der Waals surface area contributed by atoms with E-state index in [1.54, 1.807) is 5.01 Å². The summed E-state index contributed by atoms with van der Waals surface area (Å²) >= 11 is 0. The number of carbonyl (C=O) groups is 2. The Morgan fingerprint density at radius 2 is 1.56 bits per heavy atom. The molecule has 1 N–H and O–H groups in total. The standard InChI is InChI=1S/C28H38N2O2/c1-5-10-26(23-11-8-7-9-12-23)30(28(32)25-18-20(3)17-21(4)19-25)29-27(31)24-15-13-22(6-2)14-16-24/h13-19,23,26H,5-12H2,1-4H3,(H,29,31). The molecule has 4 heteroatoms. The number of amides is 2. The van der Waals surface area contributed by atoms with Crippen molar-refractivity contribution in [3.8, 4) is 0 Å². The molecule has 1 atom stereocenters. The first-order valence-corrected chi connectivity index (χ1v) is 12.2. The number of hydrogen-bond acceptors (Lipinski definition) is 2. The fourth-order valence-corrected chi connectivity index (χ4v) is 4.98. The zero-order valence-corrected chi connectivity index (χ0v) is 20.1. The van der Waals surface area contributed by atoms with Crippen LogP contribution in [-0.2, 0) is 6.42 Å². The number of benzene rings is 2. The Morgan fingerprint density at radius 1 is 0.938 bits per heavy atom. The van der Waals surface area contributed by atoms with Gasteiger partial charge in [-0.1, -0.05) is 68.9 Å². The molecular formula is C28H38N2O2. The molecule has 1 unspecified atom stereocenters. The Hall–Kier alpha value is -2.62. The third-order valence-corrected chi connectivity index (χ3v) is 6.64. The quantitative estimate of drug-likeness (QED) is 0.512. The Bertz CT molecular complexity index is 893.